The van der Waals surface area contributed by atoms with Gasteiger partial charge >= 0.3 is 0 Å². The third kappa shape index (κ3) is 3.41. The van der Waals surface area contributed by atoms with Gasteiger partial charge in [-0.3, -0.25) is 0 Å². The number of furan rings is 1. The van der Waals surface area contributed by atoms with Crippen LogP contribution in [0.2, 0.25) is 0 Å². The third-order valence-corrected chi connectivity index (χ3v) is 9.32. The van der Waals surface area contributed by atoms with Gasteiger partial charge in [-0.25, -0.2) is 0 Å². The summed E-state index contributed by atoms with van der Waals surface area (Å²) in [5.41, 5.74) is 11.1. The van der Waals surface area contributed by atoms with Crippen LogP contribution in [0.25, 0.3) is 88.1 Å². The van der Waals surface area contributed by atoms with E-state index in [9.17, 15) is 0 Å². The molecule has 0 saturated heterocycles. The summed E-state index contributed by atoms with van der Waals surface area (Å²) in [6.07, 6.45) is 0. The van der Waals surface area contributed by atoms with E-state index >= 15 is 0 Å². The molecule has 3 heterocycles. The molecule has 210 valence electrons. The lowest BCUT2D eigenvalue weighted by molar-refractivity contribution is 0.670. The van der Waals surface area contributed by atoms with Gasteiger partial charge in [0.2, 0.25) is 0 Å². The molecular weight excluding hydrogens is 548 g/mol. The molecule has 0 radical (unpaired) electrons. The van der Waals surface area contributed by atoms with Gasteiger partial charge in [-0.2, -0.15) is 0 Å². The zero-order valence-corrected chi connectivity index (χ0v) is 24.3. The summed E-state index contributed by atoms with van der Waals surface area (Å²) >= 11 is 0. The molecule has 0 aliphatic carbocycles. The maximum absolute atomic E-state index is 6.54. The topological polar surface area (TPSA) is 23.0 Å². The van der Waals surface area contributed by atoms with Gasteiger partial charge in [0, 0.05) is 54.8 Å². The van der Waals surface area contributed by atoms with E-state index in [0.717, 1.165) is 44.4 Å². The number of aromatic nitrogens is 2. The normalized spacial score (nSPS) is 12.0. The van der Waals surface area contributed by atoms with E-state index in [2.05, 4.69) is 161 Å². The molecule has 3 aromatic heterocycles. The quantitative estimate of drug-likeness (QED) is 0.206. The molecule has 0 N–H and O–H groups in total. The fourth-order valence-corrected chi connectivity index (χ4v) is 7.42. The zero-order chi connectivity index (χ0) is 29.5. The molecule has 10 aromatic rings. The van der Waals surface area contributed by atoms with Gasteiger partial charge < -0.3 is 13.6 Å². The molecule has 3 nitrogen and oxygen atoms in total. The van der Waals surface area contributed by atoms with Crippen molar-refractivity contribution in [1.82, 2.24) is 9.13 Å². The Morgan fingerprint density at radius 3 is 1.73 bits per heavy atom. The van der Waals surface area contributed by atoms with Crippen LogP contribution in [-0.4, -0.2) is 9.13 Å². The molecule has 10 rings (SSSR count). The van der Waals surface area contributed by atoms with Crippen LogP contribution in [0.1, 0.15) is 0 Å². The van der Waals surface area contributed by atoms with Gasteiger partial charge in [0.1, 0.15) is 11.2 Å². The van der Waals surface area contributed by atoms with Crippen molar-refractivity contribution in [2.45, 2.75) is 0 Å². The second-order valence-electron chi connectivity index (χ2n) is 11.7. The molecule has 0 fully saturated rings. The summed E-state index contributed by atoms with van der Waals surface area (Å²) in [5.74, 6) is 0. The number of nitrogens with zero attached hydrogens (tertiary/aromatic N) is 2. The first-order chi connectivity index (χ1) is 22.3. The first-order valence-corrected chi connectivity index (χ1v) is 15.4. The lowest BCUT2D eigenvalue weighted by Crippen LogP contribution is -1.96. The lowest BCUT2D eigenvalue weighted by atomic mass is 9.99. The number of fused-ring (bicyclic) bond motifs is 9. The smallest absolute Gasteiger partial charge is 0.143 e. The van der Waals surface area contributed by atoms with Crippen molar-refractivity contribution < 1.29 is 4.42 Å². The summed E-state index contributed by atoms with van der Waals surface area (Å²) in [6, 6.07) is 56.5. The molecule has 0 atom stereocenters. The Labute approximate surface area is 258 Å². The third-order valence-electron chi connectivity index (χ3n) is 9.32. The molecule has 0 aliphatic heterocycles. The van der Waals surface area contributed by atoms with E-state index in [1.807, 2.05) is 6.07 Å². The molecule has 45 heavy (non-hydrogen) atoms. The van der Waals surface area contributed by atoms with Crippen molar-refractivity contribution in [1.29, 1.82) is 0 Å². The van der Waals surface area contributed by atoms with E-state index in [1.54, 1.807) is 0 Å². The summed E-state index contributed by atoms with van der Waals surface area (Å²) in [7, 11) is 0. The number of hydrogen-bond acceptors (Lipinski definition) is 1. The summed E-state index contributed by atoms with van der Waals surface area (Å²) in [4.78, 5) is 0. The molecule has 7 aromatic carbocycles. The minimum absolute atomic E-state index is 0.909. The highest BCUT2D eigenvalue weighted by atomic mass is 16.3. The fraction of sp³-hybridized carbons (Fsp3) is 0. The van der Waals surface area contributed by atoms with Crippen molar-refractivity contribution in [3.63, 3.8) is 0 Å². The Morgan fingerprint density at radius 2 is 0.956 bits per heavy atom. The zero-order valence-electron chi connectivity index (χ0n) is 24.3. The first-order valence-electron chi connectivity index (χ1n) is 15.4. The Bertz CT molecular complexity index is 2710. The van der Waals surface area contributed by atoms with Crippen molar-refractivity contribution in [2.24, 2.45) is 0 Å². The Balaban J connectivity index is 1.32. The van der Waals surface area contributed by atoms with Crippen molar-refractivity contribution in [2.75, 3.05) is 0 Å². The van der Waals surface area contributed by atoms with Gasteiger partial charge in [0.15, 0.2) is 0 Å². The number of hydrogen-bond donors (Lipinski definition) is 0. The Hall–Kier alpha value is -6.06. The minimum Gasteiger partial charge on any atom is -0.455 e. The fourth-order valence-electron chi connectivity index (χ4n) is 7.42. The van der Waals surface area contributed by atoms with Crippen LogP contribution >= 0.6 is 0 Å². The van der Waals surface area contributed by atoms with Crippen LogP contribution < -0.4 is 0 Å². The van der Waals surface area contributed by atoms with E-state index in [1.165, 1.54) is 43.6 Å². The predicted octanol–water partition coefficient (Wildman–Crippen LogP) is 11.4. The molecular formula is C42H26N2O. The number of para-hydroxylation sites is 6. The second kappa shape index (κ2) is 9.22. The van der Waals surface area contributed by atoms with Crippen molar-refractivity contribution >= 4 is 65.6 Å². The van der Waals surface area contributed by atoms with Crippen molar-refractivity contribution in [3.05, 3.63) is 158 Å². The molecule has 0 amide bonds. The molecule has 0 saturated carbocycles. The maximum atomic E-state index is 6.54. The van der Waals surface area contributed by atoms with Crippen LogP contribution in [0, 0.1) is 0 Å². The van der Waals surface area contributed by atoms with E-state index < -0.39 is 0 Å². The number of benzene rings is 7. The van der Waals surface area contributed by atoms with Gasteiger partial charge in [-0.05, 0) is 48.5 Å². The predicted molar refractivity (Wildman–Crippen MR) is 188 cm³/mol. The van der Waals surface area contributed by atoms with Crippen LogP contribution in [0.5, 0.6) is 0 Å². The van der Waals surface area contributed by atoms with Crippen LogP contribution in [0.4, 0.5) is 0 Å². The average molecular weight is 575 g/mol. The monoisotopic (exact) mass is 574 g/mol. The van der Waals surface area contributed by atoms with E-state index in [0.29, 0.717) is 0 Å². The Kier molecular flexibility index (Phi) is 5.00. The molecule has 0 bridgehead atoms. The largest absolute Gasteiger partial charge is 0.455 e. The van der Waals surface area contributed by atoms with Gasteiger partial charge in [0.05, 0.1) is 22.1 Å². The SMILES string of the molecule is c1ccc(-n2c3ccc(-n4c5ccccc5c5ccccc54)cc3c3cccc(-c4cccc5c4oc4ccccc45)c32)cc1. The highest BCUT2D eigenvalue weighted by Gasteiger charge is 2.21. The van der Waals surface area contributed by atoms with Crippen molar-refractivity contribution in [3.8, 4) is 22.5 Å². The lowest BCUT2D eigenvalue weighted by Gasteiger charge is -2.12. The summed E-state index contributed by atoms with van der Waals surface area (Å²) < 4.78 is 11.4. The standard InChI is InChI=1S/C42H26N2O/c1-2-12-27(13-3-1)44-39-25-24-28(43-37-21-7-4-14-29(37)30-15-5-8-22-38(30)43)26-36(39)33-18-10-17-32(41(33)44)35-20-11-19-34-31-16-6-9-23-40(31)45-42(34)35/h1-26H. The van der Waals surface area contributed by atoms with E-state index in [-0.39, 0.29) is 0 Å². The molecule has 0 spiro atoms. The first kappa shape index (κ1) is 24.4. The van der Waals surface area contributed by atoms with Crippen LogP contribution in [0.15, 0.2) is 162 Å². The molecule has 0 unspecified atom stereocenters. The van der Waals surface area contributed by atoms with E-state index in [4.69, 9.17) is 4.42 Å². The highest BCUT2D eigenvalue weighted by Crippen LogP contribution is 2.43. The van der Waals surface area contributed by atoms with Gasteiger partial charge in [0.25, 0.3) is 0 Å². The average Bonchev–Trinajstić information content (AvgIpc) is 3.76. The van der Waals surface area contributed by atoms with Gasteiger partial charge in [-0.15, -0.1) is 0 Å². The summed E-state index contributed by atoms with van der Waals surface area (Å²) in [5, 5.41) is 7.23. The van der Waals surface area contributed by atoms with Crippen LogP contribution in [0.3, 0.4) is 0 Å². The molecule has 0 aliphatic rings. The Morgan fingerprint density at radius 1 is 0.356 bits per heavy atom. The highest BCUT2D eigenvalue weighted by molar-refractivity contribution is 6.18. The minimum atomic E-state index is 0.909. The van der Waals surface area contributed by atoms with Gasteiger partial charge in [-0.1, -0.05) is 109 Å². The maximum Gasteiger partial charge on any atom is 0.143 e. The number of rotatable bonds is 3. The molecule has 3 heteroatoms. The van der Waals surface area contributed by atoms with Crippen LogP contribution in [-0.2, 0) is 0 Å². The second-order valence-corrected chi connectivity index (χ2v) is 11.7. The summed E-state index contributed by atoms with van der Waals surface area (Å²) in [6.45, 7) is 0.